The molecule has 1 aromatic heterocycles. The average molecular weight is 582 g/mol. The van der Waals surface area contributed by atoms with Gasteiger partial charge in [0.25, 0.3) is 5.91 Å². The fraction of sp³-hybridized carbons (Fsp3) is 0.154. The SMILES string of the molecule is COc1ccc(/C=N/NC(=O)CSc2nnc(-c3ccc(Br)cc3)n2-c2ccccc2)c(OC)c1OC. The summed E-state index contributed by atoms with van der Waals surface area (Å²) in [4.78, 5) is 12.6. The van der Waals surface area contributed by atoms with Crippen LogP contribution in [0.3, 0.4) is 0 Å². The summed E-state index contributed by atoms with van der Waals surface area (Å²) in [6.45, 7) is 0. The number of ether oxygens (including phenoxy) is 3. The zero-order valence-corrected chi connectivity index (χ0v) is 22.7. The number of aromatic nitrogens is 3. The summed E-state index contributed by atoms with van der Waals surface area (Å²) in [5.74, 6) is 1.89. The van der Waals surface area contributed by atoms with Crippen LogP contribution in [0.4, 0.5) is 0 Å². The molecule has 1 heterocycles. The molecule has 0 aliphatic heterocycles. The number of hydrogen-bond donors (Lipinski definition) is 1. The first-order valence-corrected chi connectivity index (χ1v) is 12.8. The minimum Gasteiger partial charge on any atom is -0.493 e. The molecule has 37 heavy (non-hydrogen) atoms. The van der Waals surface area contributed by atoms with Crippen molar-refractivity contribution in [1.29, 1.82) is 0 Å². The Morgan fingerprint density at radius 1 is 0.973 bits per heavy atom. The molecule has 0 spiro atoms. The van der Waals surface area contributed by atoms with Crippen molar-refractivity contribution in [3.05, 3.63) is 76.8 Å². The Morgan fingerprint density at radius 3 is 2.38 bits per heavy atom. The van der Waals surface area contributed by atoms with Crippen LogP contribution in [0.15, 0.2) is 81.5 Å². The molecular formula is C26H24BrN5O4S. The molecule has 0 atom stereocenters. The van der Waals surface area contributed by atoms with Gasteiger partial charge < -0.3 is 14.2 Å². The highest BCUT2D eigenvalue weighted by Crippen LogP contribution is 2.39. The van der Waals surface area contributed by atoms with Gasteiger partial charge in [0.05, 0.1) is 33.3 Å². The number of hydrogen-bond acceptors (Lipinski definition) is 8. The summed E-state index contributed by atoms with van der Waals surface area (Å²) in [7, 11) is 4.59. The molecule has 9 nitrogen and oxygen atoms in total. The number of para-hydroxylation sites is 1. The van der Waals surface area contributed by atoms with Crippen LogP contribution < -0.4 is 19.6 Å². The van der Waals surface area contributed by atoms with E-state index in [1.165, 1.54) is 32.2 Å². The van der Waals surface area contributed by atoms with Gasteiger partial charge in [0.15, 0.2) is 22.5 Å². The van der Waals surface area contributed by atoms with Gasteiger partial charge in [0.1, 0.15) is 0 Å². The molecule has 0 radical (unpaired) electrons. The van der Waals surface area contributed by atoms with Crippen LogP contribution in [0.5, 0.6) is 17.2 Å². The van der Waals surface area contributed by atoms with Gasteiger partial charge in [-0.25, -0.2) is 5.43 Å². The lowest BCUT2D eigenvalue weighted by Crippen LogP contribution is -2.20. The molecular weight excluding hydrogens is 558 g/mol. The molecule has 190 valence electrons. The third kappa shape index (κ3) is 6.12. The van der Waals surface area contributed by atoms with Crippen molar-refractivity contribution in [1.82, 2.24) is 20.2 Å². The third-order valence-electron chi connectivity index (χ3n) is 5.21. The van der Waals surface area contributed by atoms with Crippen LogP contribution in [0.1, 0.15) is 5.56 Å². The van der Waals surface area contributed by atoms with E-state index in [1.807, 2.05) is 59.2 Å². The quantitative estimate of drug-likeness (QED) is 0.160. The smallest absolute Gasteiger partial charge is 0.250 e. The van der Waals surface area contributed by atoms with Gasteiger partial charge in [-0.15, -0.1) is 10.2 Å². The van der Waals surface area contributed by atoms with Gasteiger partial charge in [-0.05, 0) is 36.4 Å². The Balaban J connectivity index is 1.49. The predicted octanol–water partition coefficient (Wildman–Crippen LogP) is 4.97. The molecule has 1 N–H and O–H groups in total. The Morgan fingerprint density at radius 2 is 1.70 bits per heavy atom. The van der Waals surface area contributed by atoms with Crippen LogP contribution in [0.2, 0.25) is 0 Å². The third-order valence-corrected chi connectivity index (χ3v) is 6.67. The highest BCUT2D eigenvalue weighted by Gasteiger charge is 2.18. The molecule has 0 fully saturated rings. The number of rotatable bonds is 10. The van der Waals surface area contributed by atoms with Gasteiger partial charge in [-0.1, -0.05) is 58.0 Å². The summed E-state index contributed by atoms with van der Waals surface area (Å²) >= 11 is 4.73. The van der Waals surface area contributed by atoms with Crippen LogP contribution in [-0.4, -0.2) is 54.0 Å². The minimum absolute atomic E-state index is 0.0890. The molecule has 0 saturated heterocycles. The predicted molar refractivity (Wildman–Crippen MR) is 147 cm³/mol. The lowest BCUT2D eigenvalue weighted by molar-refractivity contribution is -0.118. The molecule has 4 aromatic rings. The summed E-state index contributed by atoms with van der Waals surface area (Å²) < 4.78 is 19.0. The number of benzene rings is 3. The molecule has 1 amide bonds. The standard InChI is InChI=1S/C26H24BrN5O4S/c1-34-21-14-11-18(23(35-2)24(21)36-3)15-28-29-22(33)16-37-26-31-30-25(17-9-12-19(27)13-10-17)32(26)20-7-5-4-6-8-20/h4-15H,16H2,1-3H3,(H,29,33)/b28-15+. The van der Waals surface area contributed by atoms with Gasteiger partial charge in [0.2, 0.25) is 5.75 Å². The van der Waals surface area contributed by atoms with Crippen molar-refractivity contribution in [3.63, 3.8) is 0 Å². The Kier molecular flexibility index (Phi) is 8.81. The monoisotopic (exact) mass is 581 g/mol. The van der Waals surface area contributed by atoms with Crippen LogP contribution >= 0.6 is 27.7 Å². The van der Waals surface area contributed by atoms with E-state index in [0.29, 0.717) is 33.8 Å². The van der Waals surface area contributed by atoms with Gasteiger partial charge in [-0.2, -0.15) is 5.10 Å². The van der Waals surface area contributed by atoms with E-state index in [2.05, 4.69) is 36.7 Å². The second-order valence-electron chi connectivity index (χ2n) is 7.49. The second-order valence-corrected chi connectivity index (χ2v) is 9.35. The maximum absolute atomic E-state index is 12.6. The van der Waals surface area contributed by atoms with Crippen molar-refractivity contribution >= 4 is 39.8 Å². The summed E-state index contributed by atoms with van der Waals surface area (Å²) in [6.07, 6.45) is 1.49. The fourth-order valence-corrected chi connectivity index (χ4v) is 4.53. The number of amides is 1. The van der Waals surface area contributed by atoms with E-state index in [1.54, 1.807) is 19.2 Å². The lowest BCUT2D eigenvalue weighted by Gasteiger charge is -2.13. The number of carbonyl (C=O) groups excluding carboxylic acids is 1. The Labute approximate surface area is 227 Å². The molecule has 0 aliphatic rings. The molecule has 4 rings (SSSR count). The van der Waals surface area contributed by atoms with Gasteiger partial charge >= 0.3 is 0 Å². The number of halogens is 1. The Bertz CT molecular complexity index is 1390. The van der Waals surface area contributed by atoms with E-state index in [0.717, 1.165) is 15.7 Å². The van der Waals surface area contributed by atoms with Crippen molar-refractivity contribution in [2.75, 3.05) is 27.1 Å². The highest BCUT2D eigenvalue weighted by atomic mass is 79.9. The number of thioether (sulfide) groups is 1. The van der Waals surface area contributed by atoms with Crippen molar-refractivity contribution < 1.29 is 19.0 Å². The van der Waals surface area contributed by atoms with E-state index >= 15 is 0 Å². The van der Waals surface area contributed by atoms with E-state index in [-0.39, 0.29) is 11.7 Å². The topological polar surface area (TPSA) is 99.9 Å². The lowest BCUT2D eigenvalue weighted by atomic mass is 10.2. The number of nitrogens with one attached hydrogen (secondary N) is 1. The zero-order valence-electron chi connectivity index (χ0n) is 20.3. The first-order valence-electron chi connectivity index (χ1n) is 11.1. The molecule has 11 heteroatoms. The van der Waals surface area contributed by atoms with Crippen molar-refractivity contribution in [2.45, 2.75) is 5.16 Å². The maximum Gasteiger partial charge on any atom is 0.250 e. The van der Waals surface area contributed by atoms with Crippen molar-refractivity contribution in [2.24, 2.45) is 5.10 Å². The normalized spacial score (nSPS) is 10.9. The average Bonchev–Trinajstić information content (AvgIpc) is 3.36. The summed E-state index contributed by atoms with van der Waals surface area (Å²) in [6, 6.07) is 21.1. The number of hydrazone groups is 1. The van der Waals surface area contributed by atoms with E-state index in [4.69, 9.17) is 14.2 Å². The van der Waals surface area contributed by atoms with Crippen molar-refractivity contribution in [3.8, 4) is 34.3 Å². The molecule has 0 aliphatic carbocycles. The molecule has 3 aromatic carbocycles. The molecule has 0 unspecified atom stereocenters. The summed E-state index contributed by atoms with van der Waals surface area (Å²) in [5.41, 5.74) is 4.97. The van der Waals surface area contributed by atoms with E-state index in [9.17, 15) is 4.79 Å². The highest BCUT2D eigenvalue weighted by molar-refractivity contribution is 9.10. The number of carbonyl (C=O) groups is 1. The molecule has 0 saturated carbocycles. The first kappa shape index (κ1) is 26.2. The first-order chi connectivity index (χ1) is 18.0. The maximum atomic E-state index is 12.6. The van der Waals surface area contributed by atoms with Crippen LogP contribution in [0, 0.1) is 0 Å². The minimum atomic E-state index is -0.298. The van der Waals surface area contributed by atoms with Gasteiger partial charge in [0, 0.05) is 21.3 Å². The summed E-state index contributed by atoms with van der Waals surface area (Å²) in [5, 5.41) is 13.4. The Hall–Kier alpha value is -3.83. The molecule has 0 bridgehead atoms. The van der Waals surface area contributed by atoms with E-state index < -0.39 is 0 Å². The van der Waals surface area contributed by atoms with Gasteiger partial charge in [-0.3, -0.25) is 9.36 Å². The zero-order chi connectivity index (χ0) is 26.2. The van der Waals surface area contributed by atoms with Crippen LogP contribution in [0.25, 0.3) is 17.1 Å². The fourth-order valence-electron chi connectivity index (χ4n) is 3.52. The number of nitrogens with zero attached hydrogens (tertiary/aromatic N) is 4. The van der Waals surface area contributed by atoms with Crippen LogP contribution in [-0.2, 0) is 4.79 Å². The largest absolute Gasteiger partial charge is 0.493 e. The second kappa shape index (κ2) is 12.4. The number of methoxy groups -OCH3 is 3.